The van der Waals surface area contributed by atoms with Gasteiger partial charge in [-0.1, -0.05) is 48.5 Å². The predicted molar refractivity (Wildman–Crippen MR) is 148 cm³/mol. The van der Waals surface area contributed by atoms with Gasteiger partial charge < -0.3 is 36.5 Å². The number of hydrogen-bond donors (Lipinski definition) is 7. The molecule has 5 atom stereocenters. The minimum absolute atomic E-state index is 0.0719. The van der Waals surface area contributed by atoms with Crippen LogP contribution in [0.4, 0.5) is 0 Å². The molecule has 2 heterocycles. The van der Waals surface area contributed by atoms with Crippen molar-refractivity contribution in [2.75, 3.05) is 6.54 Å². The van der Waals surface area contributed by atoms with Crippen LogP contribution in [0.15, 0.2) is 60.8 Å². The van der Waals surface area contributed by atoms with Crippen LogP contribution in [0.2, 0.25) is 0 Å². The van der Waals surface area contributed by atoms with E-state index in [1.807, 2.05) is 30.3 Å². The number of carbonyl (C=O) groups excluding carboxylic acids is 3. The molecule has 1 aromatic heterocycles. The Morgan fingerprint density at radius 1 is 0.925 bits per heavy atom. The SMILES string of the molecule is CC(O)C(NC(=O)C(Cc1ccccc1)NC(=O)C(Cc1c[nH]c2ccccc12)NC(=O)C1CCCN1)C(=O)O. The molecule has 40 heavy (non-hydrogen) atoms. The highest BCUT2D eigenvalue weighted by Crippen LogP contribution is 2.20. The van der Waals surface area contributed by atoms with Crippen molar-refractivity contribution in [3.8, 4) is 0 Å². The average molecular weight is 550 g/mol. The molecule has 5 unspecified atom stereocenters. The summed E-state index contributed by atoms with van der Waals surface area (Å²) in [7, 11) is 0. The summed E-state index contributed by atoms with van der Waals surface area (Å²) in [5, 5.41) is 31.3. The number of H-pyrrole nitrogens is 1. The summed E-state index contributed by atoms with van der Waals surface area (Å²) < 4.78 is 0. The van der Waals surface area contributed by atoms with Crippen LogP contribution in [0.5, 0.6) is 0 Å². The van der Waals surface area contributed by atoms with Crippen molar-refractivity contribution in [2.45, 2.75) is 62.9 Å². The Kier molecular flexibility index (Phi) is 9.52. The number of carboxylic acid groups (broad SMARTS) is 1. The molecule has 0 bridgehead atoms. The van der Waals surface area contributed by atoms with Crippen LogP contribution < -0.4 is 21.3 Å². The summed E-state index contributed by atoms with van der Waals surface area (Å²) in [5.74, 6) is -3.06. The smallest absolute Gasteiger partial charge is 0.328 e. The van der Waals surface area contributed by atoms with Crippen molar-refractivity contribution in [1.82, 2.24) is 26.3 Å². The normalized spacial score (nSPS) is 17.9. The van der Waals surface area contributed by atoms with Crippen molar-refractivity contribution < 1.29 is 29.4 Å². The molecule has 4 rings (SSSR count). The summed E-state index contributed by atoms with van der Waals surface area (Å²) >= 11 is 0. The third kappa shape index (κ3) is 7.25. The first-order chi connectivity index (χ1) is 19.2. The van der Waals surface area contributed by atoms with Gasteiger partial charge in [0, 0.05) is 29.9 Å². The van der Waals surface area contributed by atoms with Crippen LogP contribution in [0, 0.1) is 0 Å². The number of aromatic amines is 1. The van der Waals surface area contributed by atoms with E-state index >= 15 is 0 Å². The quantitative estimate of drug-likeness (QED) is 0.173. The highest BCUT2D eigenvalue weighted by Gasteiger charge is 2.33. The lowest BCUT2D eigenvalue weighted by molar-refractivity contribution is -0.145. The maximum atomic E-state index is 13.7. The van der Waals surface area contributed by atoms with Crippen LogP contribution in [0.1, 0.15) is 30.9 Å². The fourth-order valence-electron chi connectivity index (χ4n) is 4.88. The summed E-state index contributed by atoms with van der Waals surface area (Å²) in [6.07, 6.45) is 2.18. The molecule has 7 N–H and O–H groups in total. The molecule has 1 fully saturated rings. The van der Waals surface area contributed by atoms with Gasteiger partial charge in [0.15, 0.2) is 6.04 Å². The van der Waals surface area contributed by atoms with Gasteiger partial charge in [0.2, 0.25) is 17.7 Å². The molecule has 1 aliphatic rings. The molecule has 2 aromatic carbocycles. The van der Waals surface area contributed by atoms with Gasteiger partial charge in [-0.05, 0) is 43.5 Å². The Balaban J connectivity index is 1.58. The lowest BCUT2D eigenvalue weighted by Gasteiger charge is -2.26. The molecule has 1 saturated heterocycles. The van der Waals surface area contributed by atoms with E-state index in [0.29, 0.717) is 13.0 Å². The molecular formula is C29H35N5O6. The maximum Gasteiger partial charge on any atom is 0.328 e. The first-order valence-electron chi connectivity index (χ1n) is 13.4. The topological polar surface area (TPSA) is 173 Å². The van der Waals surface area contributed by atoms with Gasteiger partial charge in [-0.15, -0.1) is 0 Å². The van der Waals surface area contributed by atoms with Crippen molar-refractivity contribution in [3.63, 3.8) is 0 Å². The first-order valence-corrected chi connectivity index (χ1v) is 13.4. The second-order valence-corrected chi connectivity index (χ2v) is 10.1. The van der Waals surface area contributed by atoms with Gasteiger partial charge in [-0.25, -0.2) is 4.79 Å². The van der Waals surface area contributed by atoms with Crippen LogP contribution in [0.3, 0.4) is 0 Å². The molecule has 212 valence electrons. The Labute approximate surface area is 231 Å². The molecule has 3 amide bonds. The number of aliphatic hydroxyl groups is 1. The second-order valence-electron chi connectivity index (χ2n) is 10.1. The lowest BCUT2D eigenvalue weighted by Crippen LogP contribution is -2.59. The third-order valence-corrected chi connectivity index (χ3v) is 7.07. The van der Waals surface area contributed by atoms with E-state index in [4.69, 9.17) is 0 Å². The number of carbonyl (C=O) groups is 4. The van der Waals surface area contributed by atoms with E-state index in [1.54, 1.807) is 30.5 Å². The highest BCUT2D eigenvalue weighted by molar-refractivity contribution is 5.95. The van der Waals surface area contributed by atoms with Gasteiger partial charge in [0.05, 0.1) is 12.1 Å². The van der Waals surface area contributed by atoms with E-state index in [9.17, 15) is 29.4 Å². The van der Waals surface area contributed by atoms with Crippen LogP contribution in [0.25, 0.3) is 10.9 Å². The number of rotatable bonds is 12. The molecule has 11 heteroatoms. The van der Waals surface area contributed by atoms with Gasteiger partial charge in [-0.2, -0.15) is 0 Å². The second kappa shape index (κ2) is 13.2. The van der Waals surface area contributed by atoms with Crippen molar-refractivity contribution in [1.29, 1.82) is 0 Å². The zero-order chi connectivity index (χ0) is 28.6. The molecule has 0 radical (unpaired) electrons. The van der Waals surface area contributed by atoms with E-state index in [-0.39, 0.29) is 18.7 Å². The average Bonchev–Trinajstić information content (AvgIpc) is 3.62. The maximum absolute atomic E-state index is 13.7. The Hall–Kier alpha value is -4.22. The zero-order valence-corrected chi connectivity index (χ0v) is 22.2. The summed E-state index contributed by atoms with van der Waals surface area (Å²) in [6, 6.07) is 12.4. The van der Waals surface area contributed by atoms with E-state index in [0.717, 1.165) is 28.5 Å². The summed E-state index contributed by atoms with van der Waals surface area (Å²) in [4.78, 5) is 54.8. The molecule has 0 aliphatic carbocycles. The number of amides is 3. The molecular weight excluding hydrogens is 514 g/mol. The predicted octanol–water partition coefficient (Wildman–Crippen LogP) is 0.625. The standard InChI is InChI=1S/C29H35N5O6/c1-17(35)25(29(39)40)34-28(38)23(14-18-8-3-2-4-9-18)32-27(37)24(33-26(36)22-12-7-13-30-22)15-19-16-31-21-11-6-5-10-20(19)21/h2-6,8-11,16-17,22-25,30-31,35H,7,12-15H2,1H3,(H,32,37)(H,33,36)(H,34,38)(H,39,40). The fourth-order valence-corrected chi connectivity index (χ4v) is 4.88. The van der Waals surface area contributed by atoms with Crippen LogP contribution in [-0.4, -0.2) is 75.7 Å². The largest absolute Gasteiger partial charge is 0.480 e. The minimum atomic E-state index is -1.56. The monoisotopic (exact) mass is 549 g/mol. The highest BCUT2D eigenvalue weighted by atomic mass is 16.4. The van der Waals surface area contributed by atoms with Crippen molar-refractivity contribution in [2.24, 2.45) is 0 Å². The first kappa shape index (κ1) is 28.8. The number of para-hydroxylation sites is 1. The molecule has 3 aromatic rings. The molecule has 1 aliphatic heterocycles. The molecule has 0 spiro atoms. The number of carboxylic acids is 1. The van der Waals surface area contributed by atoms with Crippen molar-refractivity contribution >= 4 is 34.6 Å². The van der Waals surface area contributed by atoms with Gasteiger partial charge in [0.1, 0.15) is 12.1 Å². The Morgan fingerprint density at radius 2 is 1.60 bits per heavy atom. The summed E-state index contributed by atoms with van der Waals surface area (Å²) in [6.45, 7) is 1.97. The number of benzene rings is 2. The molecule has 0 saturated carbocycles. The zero-order valence-electron chi connectivity index (χ0n) is 22.2. The summed E-state index contributed by atoms with van der Waals surface area (Å²) in [5.41, 5.74) is 2.44. The van der Waals surface area contributed by atoms with Crippen LogP contribution in [-0.2, 0) is 32.0 Å². The van der Waals surface area contributed by atoms with Gasteiger partial charge in [-0.3, -0.25) is 14.4 Å². The van der Waals surface area contributed by atoms with Gasteiger partial charge in [0.25, 0.3) is 0 Å². The van der Waals surface area contributed by atoms with E-state index in [1.165, 1.54) is 6.92 Å². The lowest BCUT2D eigenvalue weighted by atomic mass is 10.0. The van der Waals surface area contributed by atoms with Gasteiger partial charge >= 0.3 is 5.97 Å². The Morgan fingerprint density at radius 3 is 2.27 bits per heavy atom. The number of nitrogens with one attached hydrogen (secondary N) is 5. The number of aliphatic carboxylic acids is 1. The number of hydrogen-bond acceptors (Lipinski definition) is 6. The number of fused-ring (bicyclic) bond motifs is 1. The minimum Gasteiger partial charge on any atom is -0.480 e. The third-order valence-electron chi connectivity index (χ3n) is 7.07. The van der Waals surface area contributed by atoms with Crippen LogP contribution >= 0.6 is 0 Å². The van der Waals surface area contributed by atoms with Crippen molar-refractivity contribution in [3.05, 3.63) is 71.9 Å². The fraction of sp³-hybridized carbons (Fsp3) is 0.379. The number of aliphatic hydroxyl groups excluding tert-OH is 1. The number of aromatic nitrogens is 1. The Bertz CT molecular complexity index is 1330. The van der Waals surface area contributed by atoms with E-state index < -0.39 is 48.1 Å². The van der Waals surface area contributed by atoms with E-state index in [2.05, 4.69) is 26.3 Å². The molecule has 11 nitrogen and oxygen atoms in total.